The molecule has 7 heteroatoms. The van der Waals surface area contributed by atoms with Crippen molar-refractivity contribution in [2.45, 2.75) is 6.92 Å². The first-order valence-corrected chi connectivity index (χ1v) is 9.09. The van der Waals surface area contributed by atoms with Crippen LogP contribution in [0.5, 0.6) is 5.75 Å². The van der Waals surface area contributed by atoms with Gasteiger partial charge in [0, 0.05) is 16.4 Å². The normalized spacial score (nSPS) is 10.2. The quantitative estimate of drug-likeness (QED) is 0.765. The maximum Gasteiger partial charge on any atom is 0.234 e. The highest BCUT2D eigenvalue weighted by Crippen LogP contribution is 2.20. The van der Waals surface area contributed by atoms with Crippen molar-refractivity contribution >= 4 is 46.6 Å². The van der Waals surface area contributed by atoms with Gasteiger partial charge in [0.25, 0.3) is 0 Å². The number of benzene rings is 2. The number of carbonyl (C=O) groups is 2. The number of methoxy groups -OCH3 is 1. The molecule has 2 rings (SSSR count). The smallest absolute Gasteiger partial charge is 0.234 e. The van der Waals surface area contributed by atoms with Crippen LogP contribution in [0.2, 0.25) is 5.02 Å². The van der Waals surface area contributed by atoms with E-state index in [1.807, 2.05) is 13.0 Å². The minimum atomic E-state index is -0.174. The van der Waals surface area contributed by atoms with Crippen molar-refractivity contribution in [3.05, 3.63) is 53.1 Å². The molecule has 0 aromatic heterocycles. The second-order valence-electron chi connectivity index (χ2n) is 5.28. The van der Waals surface area contributed by atoms with Crippen LogP contribution in [0.15, 0.2) is 42.5 Å². The maximum atomic E-state index is 12.0. The predicted octanol–water partition coefficient (Wildman–Crippen LogP) is 3.97. The van der Waals surface area contributed by atoms with Crippen molar-refractivity contribution < 1.29 is 14.3 Å². The van der Waals surface area contributed by atoms with Crippen LogP contribution >= 0.6 is 23.4 Å². The first-order chi connectivity index (χ1) is 12.0. The molecule has 5 nitrogen and oxygen atoms in total. The van der Waals surface area contributed by atoms with Crippen LogP contribution in [0.25, 0.3) is 0 Å². The summed E-state index contributed by atoms with van der Waals surface area (Å²) in [6.07, 6.45) is 0. The molecule has 0 aliphatic heterocycles. The molecule has 0 aliphatic carbocycles. The highest BCUT2D eigenvalue weighted by Gasteiger charge is 2.08. The largest absolute Gasteiger partial charge is 0.497 e. The predicted molar refractivity (Wildman–Crippen MR) is 104 cm³/mol. The zero-order valence-corrected chi connectivity index (χ0v) is 15.5. The zero-order valence-electron chi connectivity index (χ0n) is 14.0. The molecule has 2 aromatic carbocycles. The lowest BCUT2D eigenvalue weighted by atomic mass is 10.2. The van der Waals surface area contributed by atoms with E-state index >= 15 is 0 Å². The third-order valence-electron chi connectivity index (χ3n) is 3.31. The lowest BCUT2D eigenvalue weighted by Gasteiger charge is -2.09. The van der Waals surface area contributed by atoms with E-state index in [0.29, 0.717) is 16.4 Å². The second-order valence-corrected chi connectivity index (χ2v) is 6.70. The molecule has 132 valence electrons. The van der Waals surface area contributed by atoms with Crippen molar-refractivity contribution in [2.24, 2.45) is 0 Å². The molecule has 0 aliphatic rings. The van der Waals surface area contributed by atoms with Gasteiger partial charge in [0.2, 0.25) is 11.8 Å². The Balaban J connectivity index is 1.74. The molecule has 25 heavy (non-hydrogen) atoms. The monoisotopic (exact) mass is 378 g/mol. The van der Waals surface area contributed by atoms with Gasteiger partial charge in [-0.2, -0.15) is 0 Å². The van der Waals surface area contributed by atoms with Gasteiger partial charge in [-0.1, -0.05) is 17.7 Å². The fraction of sp³-hybridized carbons (Fsp3) is 0.222. The molecule has 0 atom stereocenters. The van der Waals surface area contributed by atoms with E-state index in [2.05, 4.69) is 10.6 Å². The van der Waals surface area contributed by atoms with E-state index in [4.69, 9.17) is 16.3 Å². The summed E-state index contributed by atoms with van der Waals surface area (Å²) in [5, 5.41) is 6.13. The first-order valence-electron chi connectivity index (χ1n) is 7.55. The molecule has 0 unspecified atom stereocenters. The number of thioether (sulfide) groups is 1. The molecule has 0 saturated heterocycles. The highest BCUT2D eigenvalue weighted by molar-refractivity contribution is 8.00. The summed E-state index contributed by atoms with van der Waals surface area (Å²) in [6.45, 7) is 1.89. The van der Waals surface area contributed by atoms with Gasteiger partial charge >= 0.3 is 0 Å². The topological polar surface area (TPSA) is 67.4 Å². The lowest BCUT2D eigenvalue weighted by Crippen LogP contribution is -2.18. The Labute approximate surface area is 156 Å². The van der Waals surface area contributed by atoms with Crippen molar-refractivity contribution in [3.63, 3.8) is 0 Å². The number of hydrogen-bond acceptors (Lipinski definition) is 4. The van der Waals surface area contributed by atoms with E-state index in [1.165, 1.54) is 11.8 Å². The van der Waals surface area contributed by atoms with Gasteiger partial charge in [-0.3, -0.25) is 9.59 Å². The van der Waals surface area contributed by atoms with Crippen molar-refractivity contribution in [2.75, 3.05) is 29.2 Å². The summed E-state index contributed by atoms with van der Waals surface area (Å²) in [7, 11) is 1.58. The number of carbonyl (C=O) groups excluding carboxylic acids is 2. The fourth-order valence-electron chi connectivity index (χ4n) is 2.02. The van der Waals surface area contributed by atoms with Crippen molar-refractivity contribution in [1.29, 1.82) is 0 Å². The van der Waals surface area contributed by atoms with Gasteiger partial charge in [-0.25, -0.2) is 0 Å². The molecule has 2 aromatic rings. The maximum absolute atomic E-state index is 12.0. The van der Waals surface area contributed by atoms with Crippen molar-refractivity contribution in [1.82, 2.24) is 0 Å². The van der Waals surface area contributed by atoms with E-state index in [9.17, 15) is 9.59 Å². The van der Waals surface area contributed by atoms with Gasteiger partial charge in [0.1, 0.15) is 5.75 Å². The Bertz CT molecular complexity index is 750. The Morgan fingerprint density at radius 1 is 1.04 bits per heavy atom. The Morgan fingerprint density at radius 3 is 2.32 bits per heavy atom. The molecule has 2 amide bonds. The van der Waals surface area contributed by atoms with Gasteiger partial charge < -0.3 is 15.4 Å². The molecule has 0 radical (unpaired) electrons. The number of halogens is 1. The third kappa shape index (κ3) is 6.32. The summed E-state index contributed by atoms with van der Waals surface area (Å²) in [5.74, 6) is 0.755. The van der Waals surface area contributed by atoms with Crippen molar-refractivity contribution in [3.8, 4) is 5.75 Å². The van der Waals surface area contributed by atoms with Gasteiger partial charge in [-0.05, 0) is 48.9 Å². The van der Waals surface area contributed by atoms with Crippen LogP contribution in [0.3, 0.4) is 0 Å². The number of hydrogen-bond donors (Lipinski definition) is 2. The van der Waals surface area contributed by atoms with Crippen LogP contribution in [-0.2, 0) is 9.59 Å². The molecular weight excluding hydrogens is 360 g/mol. The van der Waals surface area contributed by atoms with E-state index in [-0.39, 0.29) is 23.3 Å². The average molecular weight is 379 g/mol. The molecular formula is C18H19ClN2O3S. The van der Waals surface area contributed by atoms with E-state index < -0.39 is 0 Å². The molecule has 2 N–H and O–H groups in total. The summed E-state index contributed by atoms with van der Waals surface area (Å²) < 4.78 is 5.06. The molecule has 0 heterocycles. The molecule has 0 bridgehead atoms. The first kappa shape index (κ1) is 19.1. The summed E-state index contributed by atoms with van der Waals surface area (Å²) >= 11 is 7.17. The van der Waals surface area contributed by atoms with Crippen LogP contribution < -0.4 is 15.4 Å². The van der Waals surface area contributed by atoms with E-state index in [1.54, 1.807) is 43.5 Å². The summed E-state index contributed by atoms with van der Waals surface area (Å²) in [5.41, 5.74) is 2.30. The highest BCUT2D eigenvalue weighted by atomic mass is 35.5. The van der Waals surface area contributed by atoms with Crippen LogP contribution in [0.1, 0.15) is 5.56 Å². The SMILES string of the molecule is COc1ccc(NC(=O)CSCC(=O)Nc2cc(Cl)ccc2C)cc1. The van der Waals surface area contributed by atoms with Gasteiger partial charge in [-0.15, -0.1) is 11.8 Å². The summed E-state index contributed by atoms with van der Waals surface area (Å²) in [6, 6.07) is 12.4. The number of ether oxygens (including phenoxy) is 1. The number of rotatable bonds is 7. The Hall–Kier alpha value is -2.18. The average Bonchev–Trinajstić information content (AvgIpc) is 2.59. The number of aryl methyl sites for hydroxylation is 1. The number of anilines is 2. The minimum absolute atomic E-state index is 0.165. The van der Waals surface area contributed by atoms with Crippen LogP contribution in [0.4, 0.5) is 11.4 Å². The van der Waals surface area contributed by atoms with Crippen LogP contribution in [0, 0.1) is 6.92 Å². The van der Waals surface area contributed by atoms with Gasteiger partial charge in [0.15, 0.2) is 0 Å². The third-order valence-corrected chi connectivity index (χ3v) is 4.48. The molecule has 0 saturated carbocycles. The molecule has 0 spiro atoms. The standard InChI is InChI=1S/C18H19ClN2O3S/c1-12-3-4-13(19)9-16(12)21-18(23)11-25-10-17(22)20-14-5-7-15(24-2)8-6-14/h3-9H,10-11H2,1-2H3,(H,20,22)(H,21,23). The van der Waals surface area contributed by atoms with Crippen LogP contribution in [-0.4, -0.2) is 30.4 Å². The minimum Gasteiger partial charge on any atom is -0.497 e. The Kier molecular flexibility index (Phi) is 7.16. The summed E-state index contributed by atoms with van der Waals surface area (Å²) in [4.78, 5) is 23.9. The zero-order chi connectivity index (χ0) is 18.2. The van der Waals surface area contributed by atoms with E-state index in [0.717, 1.165) is 11.3 Å². The number of nitrogens with one attached hydrogen (secondary N) is 2. The Morgan fingerprint density at radius 2 is 1.68 bits per heavy atom. The molecule has 0 fully saturated rings. The lowest BCUT2D eigenvalue weighted by molar-refractivity contribution is -0.114. The van der Waals surface area contributed by atoms with Gasteiger partial charge in [0.05, 0.1) is 18.6 Å². The fourth-order valence-corrected chi connectivity index (χ4v) is 2.81. The second kappa shape index (κ2) is 9.34. The number of amides is 2.